The number of fused-ring (bicyclic) bond motifs is 4. The first kappa shape index (κ1) is 37.6. The third kappa shape index (κ3) is 7.37. The van der Waals surface area contributed by atoms with Crippen LogP contribution >= 0.6 is 11.6 Å². The quantitative estimate of drug-likeness (QED) is 0.380. The number of carbonyl (C=O) groups is 1. The summed E-state index contributed by atoms with van der Waals surface area (Å²) >= 11 is 6.49. The van der Waals surface area contributed by atoms with E-state index in [4.69, 9.17) is 21.1 Å². The van der Waals surface area contributed by atoms with E-state index in [1.165, 1.54) is 11.1 Å². The summed E-state index contributed by atoms with van der Waals surface area (Å²) in [6.45, 7) is 9.68. The Balaban J connectivity index is 1.28. The summed E-state index contributed by atoms with van der Waals surface area (Å²) in [7, 11) is -2.16. The van der Waals surface area contributed by atoms with E-state index in [2.05, 4.69) is 43.7 Å². The minimum atomic E-state index is -3.97. The van der Waals surface area contributed by atoms with Crippen molar-refractivity contribution in [1.82, 2.24) is 14.5 Å². The van der Waals surface area contributed by atoms with Gasteiger partial charge in [0.15, 0.2) is 0 Å². The molecule has 7 rings (SSSR count). The number of nitrogens with zero attached hydrogens (tertiary/aromatic N) is 3. The van der Waals surface area contributed by atoms with Gasteiger partial charge in [0, 0.05) is 75.5 Å². The number of allylic oxidation sites excluding steroid dienone is 1. The summed E-state index contributed by atoms with van der Waals surface area (Å²) in [5.74, 6) is 0.337. The summed E-state index contributed by atoms with van der Waals surface area (Å²) in [5.41, 5.74) is 2.75. The van der Waals surface area contributed by atoms with Gasteiger partial charge in [0.05, 0.1) is 17.5 Å². The highest BCUT2D eigenvalue weighted by Crippen LogP contribution is 2.49. The van der Waals surface area contributed by atoms with Crippen molar-refractivity contribution in [3.05, 3.63) is 70.3 Å². The lowest BCUT2D eigenvalue weighted by Crippen LogP contribution is -2.59. The molecule has 2 aromatic rings. The normalized spacial score (nSPS) is 33.2. The minimum Gasteiger partial charge on any atom is -0.490 e. The molecular formula is C40H54ClFN4O5S. The average molecular weight is 757 g/mol. The van der Waals surface area contributed by atoms with E-state index in [0.29, 0.717) is 44.3 Å². The molecular weight excluding hydrogens is 703 g/mol. The number of alkyl halides is 1. The highest BCUT2D eigenvalue weighted by molar-refractivity contribution is 7.90. The Morgan fingerprint density at radius 3 is 2.60 bits per heavy atom. The number of ether oxygens (including phenoxy) is 2. The monoisotopic (exact) mass is 756 g/mol. The van der Waals surface area contributed by atoms with Crippen molar-refractivity contribution in [2.24, 2.45) is 17.8 Å². The predicted octanol–water partition coefficient (Wildman–Crippen LogP) is 5.86. The van der Waals surface area contributed by atoms with Crippen LogP contribution in [0.1, 0.15) is 67.4 Å². The van der Waals surface area contributed by atoms with Crippen LogP contribution < -0.4 is 14.4 Å². The molecule has 1 amide bonds. The predicted molar refractivity (Wildman–Crippen MR) is 204 cm³/mol. The SMILES string of the molecule is CO[C@]1(CN2CCN(CCF)CC2)/C=C/C[C@H](C)[C@@H](C)S(=O)(=O)NC(=O)c2ccc3c(c2)N(C[C@@H]2CC[C@H]21)C[C@@]1(CCCc2cc(Cl)ccc21)CO3. The summed E-state index contributed by atoms with van der Waals surface area (Å²) in [6, 6.07) is 11.5. The van der Waals surface area contributed by atoms with E-state index in [0.717, 1.165) is 75.5 Å². The van der Waals surface area contributed by atoms with Crippen LogP contribution in [0, 0.1) is 17.8 Å². The molecule has 1 spiro atoms. The number of benzene rings is 2. The molecule has 5 aliphatic rings. The first-order valence-corrected chi connectivity index (χ1v) is 21.0. The maximum Gasteiger partial charge on any atom is 0.264 e. The van der Waals surface area contributed by atoms with Crippen molar-refractivity contribution in [2.75, 3.05) is 77.6 Å². The molecule has 12 heteroatoms. The Labute approximate surface area is 313 Å². The maximum atomic E-state index is 13.6. The fourth-order valence-corrected chi connectivity index (χ4v) is 10.9. The number of methoxy groups -OCH3 is 1. The number of sulfonamides is 1. The van der Waals surface area contributed by atoms with Crippen molar-refractivity contribution in [2.45, 2.75) is 68.6 Å². The van der Waals surface area contributed by atoms with E-state index >= 15 is 0 Å². The first-order chi connectivity index (χ1) is 25.0. The summed E-state index contributed by atoms with van der Waals surface area (Å²) in [5, 5.41) is -0.0653. The Bertz CT molecular complexity index is 1770. The molecule has 0 radical (unpaired) electrons. The Hall–Kier alpha value is -2.70. The minimum absolute atomic E-state index is 0.217. The van der Waals surface area contributed by atoms with Gasteiger partial charge in [-0.15, -0.1) is 0 Å². The molecule has 0 aromatic heterocycles. The van der Waals surface area contributed by atoms with Gasteiger partial charge in [-0.1, -0.05) is 36.7 Å². The molecule has 52 heavy (non-hydrogen) atoms. The highest BCUT2D eigenvalue weighted by atomic mass is 35.5. The number of rotatable bonds is 5. The zero-order valence-electron chi connectivity index (χ0n) is 30.8. The van der Waals surface area contributed by atoms with Crippen molar-refractivity contribution in [1.29, 1.82) is 0 Å². The molecule has 3 aliphatic heterocycles. The number of nitrogens with one attached hydrogen (secondary N) is 1. The van der Waals surface area contributed by atoms with Crippen molar-refractivity contribution in [3.8, 4) is 5.75 Å². The second-order valence-electron chi connectivity index (χ2n) is 16.0. The maximum absolute atomic E-state index is 13.6. The zero-order chi connectivity index (χ0) is 36.7. The fraction of sp³-hybridized carbons (Fsp3) is 0.625. The van der Waals surface area contributed by atoms with Crippen molar-refractivity contribution in [3.63, 3.8) is 0 Å². The van der Waals surface area contributed by atoms with Crippen LogP contribution in [0.25, 0.3) is 0 Å². The van der Waals surface area contributed by atoms with Crippen LogP contribution in [0.5, 0.6) is 5.75 Å². The lowest BCUT2D eigenvalue weighted by molar-refractivity contribution is -0.0955. The second-order valence-corrected chi connectivity index (χ2v) is 18.5. The van der Waals surface area contributed by atoms with Gasteiger partial charge >= 0.3 is 0 Å². The van der Waals surface area contributed by atoms with Gasteiger partial charge < -0.3 is 14.4 Å². The largest absolute Gasteiger partial charge is 0.490 e. The van der Waals surface area contributed by atoms with E-state index < -0.39 is 26.8 Å². The zero-order valence-corrected chi connectivity index (χ0v) is 32.4. The number of piperazine rings is 1. The number of hydrogen-bond acceptors (Lipinski definition) is 8. The van der Waals surface area contributed by atoms with Crippen LogP contribution in [0.3, 0.4) is 0 Å². The van der Waals surface area contributed by atoms with E-state index in [-0.39, 0.29) is 29.5 Å². The number of hydrogen-bond donors (Lipinski definition) is 1. The Morgan fingerprint density at radius 2 is 1.87 bits per heavy atom. The average Bonchev–Trinajstić information content (AvgIpc) is 3.26. The number of amides is 1. The van der Waals surface area contributed by atoms with E-state index in [1.807, 2.05) is 32.2 Å². The van der Waals surface area contributed by atoms with Crippen LogP contribution in [0.2, 0.25) is 5.02 Å². The Morgan fingerprint density at radius 1 is 1.08 bits per heavy atom. The third-order valence-electron chi connectivity index (χ3n) is 12.9. The van der Waals surface area contributed by atoms with Crippen LogP contribution in [0.4, 0.5) is 10.1 Å². The molecule has 2 fully saturated rings. The van der Waals surface area contributed by atoms with Crippen molar-refractivity contribution < 1.29 is 27.1 Å². The first-order valence-electron chi connectivity index (χ1n) is 19.1. The standard InChI is InChI=1S/C40H54ClFN4O5S/c1-28-6-4-15-40(50-3,26-45-20-18-44(17-16-42)19-21-45)35-11-8-32(35)24-46-25-39(14-5-7-30-22-33(41)10-12-34(30)39)27-51-37-13-9-31(23-36(37)46)38(47)43-52(48,49)29(28)2/h4,9-10,12-13,15,22-23,28-29,32,35H,5-8,11,14,16-21,24-27H2,1-3H3,(H,43,47)/b15-4+/t28-,29+,32-,35+,39-,40-/m0/s1. The molecule has 1 N–H and O–H groups in total. The second kappa shape index (κ2) is 15.2. The summed E-state index contributed by atoms with van der Waals surface area (Å²) < 4.78 is 56.0. The van der Waals surface area contributed by atoms with Crippen LogP contribution in [0.15, 0.2) is 48.6 Å². The molecule has 2 aromatic carbocycles. The van der Waals surface area contributed by atoms with Gasteiger partial charge in [-0.05, 0) is 105 Å². The number of anilines is 1. The topological polar surface area (TPSA) is 91.4 Å². The molecule has 3 heterocycles. The van der Waals surface area contributed by atoms with Gasteiger partial charge in [-0.25, -0.2) is 17.5 Å². The fourth-order valence-electron chi connectivity index (χ4n) is 9.45. The van der Waals surface area contributed by atoms with E-state index in [9.17, 15) is 17.6 Å². The van der Waals surface area contributed by atoms with Crippen LogP contribution in [-0.4, -0.2) is 108 Å². The summed E-state index contributed by atoms with van der Waals surface area (Å²) in [6.07, 6.45) is 9.84. The van der Waals surface area contributed by atoms with Crippen molar-refractivity contribution >= 4 is 33.2 Å². The Kier molecular flexibility index (Phi) is 11.0. The van der Waals surface area contributed by atoms with Gasteiger partial charge in [-0.3, -0.25) is 14.6 Å². The molecule has 6 atom stereocenters. The van der Waals surface area contributed by atoms with Gasteiger partial charge in [0.25, 0.3) is 5.91 Å². The number of halogens is 2. The molecule has 9 nitrogen and oxygen atoms in total. The lowest BCUT2D eigenvalue weighted by atomic mass is 9.63. The van der Waals surface area contributed by atoms with Gasteiger partial charge in [0.2, 0.25) is 10.0 Å². The molecule has 1 saturated carbocycles. The smallest absolute Gasteiger partial charge is 0.264 e. The van der Waals surface area contributed by atoms with E-state index in [1.54, 1.807) is 13.0 Å². The number of carbonyl (C=O) groups excluding carboxylic acids is 1. The highest BCUT2D eigenvalue weighted by Gasteiger charge is 2.50. The number of aryl methyl sites for hydroxylation is 1. The molecule has 1 saturated heterocycles. The molecule has 284 valence electrons. The van der Waals surface area contributed by atoms with Crippen LogP contribution in [-0.2, 0) is 26.6 Å². The molecule has 0 unspecified atom stereocenters. The van der Waals surface area contributed by atoms with Gasteiger partial charge in [0.1, 0.15) is 18.0 Å². The molecule has 2 bridgehead atoms. The van der Waals surface area contributed by atoms with Gasteiger partial charge in [-0.2, -0.15) is 0 Å². The summed E-state index contributed by atoms with van der Waals surface area (Å²) in [4.78, 5) is 20.7. The molecule has 2 aliphatic carbocycles. The lowest BCUT2D eigenvalue weighted by Gasteiger charge is -2.52. The third-order valence-corrected chi connectivity index (χ3v) is 15.1.